The molecule has 136 valence electrons. The monoisotopic (exact) mass is 374 g/mol. The third-order valence-corrected chi connectivity index (χ3v) is 5.78. The minimum absolute atomic E-state index is 0.901. The zero-order chi connectivity index (χ0) is 18.5. The fraction of sp³-hybridized carbons (Fsp3) is 0.182. The Hall–Kier alpha value is -2.92. The lowest BCUT2D eigenvalue weighted by Crippen LogP contribution is -2.30. The molecule has 3 aromatic rings. The summed E-state index contributed by atoms with van der Waals surface area (Å²) in [4.78, 5) is 8.35. The van der Waals surface area contributed by atoms with Gasteiger partial charge in [0.05, 0.1) is 0 Å². The number of fused-ring (bicyclic) bond motifs is 1. The van der Waals surface area contributed by atoms with Crippen LogP contribution < -0.4 is 10.2 Å². The van der Waals surface area contributed by atoms with Crippen LogP contribution in [0.2, 0.25) is 0 Å². The highest BCUT2D eigenvalue weighted by Crippen LogP contribution is 2.29. The Labute approximate surface area is 163 Å². The molecule has 0 radical (unpaired) electrons. The van der Waals surface area contributed by atoms with Crippen LogP contribution in [0, 0.1) is 5.41 Å². The van der Waals surface area contributed by atoms with Crippen molar-refractivity contribution in [3.63, 3.8) is 0 Å². The van der Waals surface area contributed by atoms with Crippen LogP contribution in [-0.4, -0.2) is 17.7 Å². The molecule has 0 amide bonds. The molecule has 0 aliphatic carbocycles. The second kappa shape index (κ2) is 8.18. The molecule has 5 heteroatoms. The van der Waals surface area contributed by atoms with E-state index < -0.39 is 0 Å². The second-order valence-corrected chi connectivity index (χ2v) is 7.69. The highest BCUT2D eigenvalue weighted by Gasteiger charge is 2.18. The van der Waals surface area contributed by atoms with Gasteiger partial charge in [-0.2, -0.15) is 0 Å². The molecule has 2 N–H and O–H groups in total. The predicted molar refractivity (Wildman–Crippen MR) is 114 cm³/mol. The van der Waals surface area contributed by atoms with E-state index in [1.54, 1.807) is 23.6 Å². The van der Waals surface area contributed by atoms with Crippen molar-refractivity contribution in [2.75, 3.05) is 16.8 Å². The van der Waals surface area contributed by atoms with Crippen molar-refractivity contribution >= 4 is 28.4 Å². The van der Waals surface area contributed by atoms with Gasteiger partial charge in [-0.1, -0.05) is 36.4 Å². The van der Waals surface area contributed by atoms with E-state index in [2.05, 4.69) is 63.7 Å². The Balaban J connectivity index is 1.40. The summed E-state index contributed by atoms with van der Waals surface area (Å²) in [6, 6.07) is 17.1. The first-order chi connectivity index (χ1) is 13.3. The van der Waals surface area contributed by atoms with Crippen LogP contribution in [0.25, 0.3) is 0 Å². The van der Waals surface area contributed by atoms with E-state index in [-0.39, 0.29) is 0 Å². The molecule has 2 aromatic carbocycles. The fourth-order valence-electron chi connectivity index (χ4n) is 3.30. The Morgan fingerprint density at radius 2 is 1.93 bits per heavy atom. The third kappa shape index (κ3) is 4.26. The summed E-state index contributed by atoms with van der Waals surface area (Å²) < 4.78 is 0. The second-order valence-electron chi connectivity index (χ2n) is 6.59. The lowest BCUT2D eigenvalue weighted by molar-refractivity contribution is 0.729. The van der Waals surface area contributed by atoms with Crippen molar-refractivity contribution < 1.29 is 0 Å². The van der Waals surface area contributed by atoms with Gasteiger partial charge in [-0.3, -0.25) is 0 Å². The molecule has 0 atom stereocenters. The Bertz CT molecular complexity index is 943. The van der Waals surface area contributed by atoms with E-state index >= 15 is 0 Å². The molecule has 4 rings (SSSR count). The van der Waals surface area contributed by atoms with Crippen LogP contribution in [0.5, 0.6) is 0 Å². The molecule has 0 bridgehead atoms. The van der Waals surface area contributed by atoms with Crippen LogP contribution in [0.15, 0.2) is 67.0 Å². The highest BCUT2D eigenvalue weighted by molar-refractivity contribution is 7.15. The number of allylic oxidation sites excluding steroid dienone is 1. The van der Waals surface area contributed by atoms with Crippen molar-refractivity contribution in [3.05, 3.63) is 88.6 Å². The standard InChI is InChI=1S/C22H22N4S/c23-11-3-12-24-20-8-6-17(7-9-20)14-21-15-25-22(27-21)26-13-10-18-4-1-2-5-19(18)16-26/h1-9,11-12,15,23-24H,10,13-14,16H2/b12-3-,23-11?. The van der Waals surface area contributed by atoms with Crippen molar-refractivity contribution in [1.29, 1.82) is 5.41 Å². The molecule has 1 aliphatic rings. The average Bonchev–Trinajstić information content (AvgIpc) is 3.18. The molecule has 27 heavy (non-hydrogen) atoms. The van der Waals surface area contributed by atoms with Gasteiger partial charge in [0.2, 0.25) is 0 Å². The Kier molecular flexibility index (Phi) is 5.30. The number of rotatable bonds is 6. The number of thiazole rings is 1. The molecule has 1 aliphatic heterocycles. The number of hydrogen-bond donors (Lipinski definition) is 2. The summed E-state index contributed by atoms with van der Waals surface area (Å²) in [5, 5.41) is 11.2. The van der Waals surface area contributed by atoms with Gasteiger partial charge in [0.1, 0.15) is 0 Å². The highest BCUT2D eigenvalue weighted by atomic mass is 32.1. The number of aromatic nitrogens is 1. The molecule has 4 nitrogen and oxygen atoms in total. The number of hydrogen-bond acceptors (Lipinski definition) is 5. The summed E-state index contributed by atoms with van der Waals surface area (Å²) in [6.07, 6.45) is 8.67. The van der Waals surface area contributed by atoms with E-state index in [4.69, 9.17) is 5.41 Å². The van der Waals surface area contributed by atoms with Gasteiger partial charge in [-0.25, -0.2) is 4.98 Å². The first-order valence-corrected chi connectivity index (χ1v) is 9.91. The van der Waals surface area contributed by atoms with Gasteiger partial charge in [-0.05, 0) is 41.3 Å². The first-order valence-electron chi connectivity index (χ1n) is 9.09. The smallest absolute Gasteiger partial charge is 0.185 e. The molecule has 0 spiro atoms. The molecule has 1 aromatic heterocycles. The molecule has 0 saturated carbocycles. The molecule has 0 unspecified atom stereocenters. The van der Waals surface area contributed by atoms with Gasteiger partial charge in [0.15, 0.2) is 5.13 Å². The minimum atomic E-state index is 0.901. The van der Waals surface area contributed by atoms with Gasteiger partial charge < -0.3 is 15.6 Å². The maximum absolute atomic E-state index is 6.98. The molecular weight excluding hydrogens is 352 g/mol. The average molecular weight is 375 g/mol. The summed E-state index contributed by atoms with van der Waals surface area (Å²) in [5.74, 6) is 0. The van der Waals surface area contributed by atoms with Crippen molar-refractivity contribution in [1.82, 2.24) is 4.98 Å². The zero-order valence-electron chi connectivity index (χ0n) is 15.1. The zero-order valence-corrected chi connectivity index (χ0v) is 15.9. The van der Waals surface area contributed by atoms with E-state index in [0.717, 1.165) is 36.8 Å². The Morgan fingerprint density at radius 1 is 1.11 bits per heavy atom. The van der Waals surface area contributed by atoms with Gasteiger partial charge in [0.25, 0.3) is 0 Å². The summed E-state index contributed by atoms with van der Waals surface area (Å²) in [7, 11) is 0. The fourth-order valence-corrected chi connectivity index (χ4v) is 4.27. The van der Waals surface area contributed by atoms with Crippen LogP contribution in [0.3, 0.4) is 0 Å². The molecule has 0 saturated heterocycles. The van der Waals surface area contributed by atoms with E-state index in [9.17, 15) is 0 Å². The van der Waals surface area contributed by atoms with E-state index in [1.165, 1.54) is 27.8 Å². The lowest BCUT2D eigenvalue weighted by Gasteiger charge is -2.28. The van der Waals surface area contributed by atoms with Crippen molar-refractivity contribution in [2.45, 2.75) is 19.4 Å². The predicted octanol–water partition coefficient (Wildman–Crippen LogP) is 4.87. The first kappa shape index (κ1) is 17.5. The van der Waals surface area contributed by atoms with Crippen LogP contribution >= 0.6 is 11.3 Å². The van der Waals surface area contributed by atoms with Crippen LogP contribution in [0.4, 0.5) is 10.8 Å². The quantitative estimate of drug-likeness (QED) is 0.605. The lowest BCUT2D eigenvalue weighted by atomic mass is 10.0. The largest absolute Gasteiger partial charge is 0.362 e. The van der Waals surface area contributed by atoms with Crippen molar-refractivity contribution in [2.24, 2.45) is 0 Å². The number of nitrogens with one attached hydrogen (secondary N) is 2. The van der Waals surface area contributed by atoms with Gasteiger partial charge in [-0.15, -0.1) is 11.3 Å². The normalized spacial score (nSPS) is 13.6. The maximum Gasteiger partial charge on any atom is 0.185 e. The SMILES string of the molecule is N=C/C=C\Nc1ccc(Cc2cnc(N3CCc4ccccc4C3)s2)cc1. The topological polar surface area (TPSA) is 52.0 Å². The van der Waals surface area contributed by atoms with Gasteiger partial charge in [0, 0.05) is 48.7 Å². The number of anilines is 2. The summed E-state index contributed by atoms with van der Waals surface area (Å²) in [5.41, 5.74) is 5.18. The van der Waals surface area contributed by atoms with Crippen LogP contribution in [-0.2, 0) is 19.4 Å². The van der Waals surface area contributed by atoms with Gasteiger partial charge >= 0.3 is 0 Å². The van der Waals surface area contributed by atoms with Crippen molar-refractivity contribution in [3.8, 4) is 0 Å². The van der Waals surface area contributed by atoms with Crippen LogP contribution in [0.1, 0.15) is 21.6 Å². The minimum Gasteiger partial charge on any atom is -0.362 e. The molecular formula is C22H22N4S. The summed E-state index contributed by atoms with van der Waals surface area (Å²) in [6.45, 7) is 1.99. The molecule has 2 heterocycles. The maximum atomic E-state index is 6.98. The third-order valence-electron chi connectivity index (χ3n) is 4.72. The molecule has 0 fully saturated rings. The number of nitrogens with zero attached hydrogens (tertiary/aromatic N) is 2. The number of benzene rings is 2. The van der Waals surface area contributed by atoms with E-state index in [0.29, 0.717) is 0 Å². The summed E-state index contributed by atoms with van der Waals surface area (Å²) >= 11 is 1.79. The van der Waals surface area contributed by atoms with E-state index in [1.807, 2.05) is 6.20 Å². The Morgan fingerprint density at radius 3 is 2.74 bits per heavy atom.